The van der Waals surface area contributed by atoms with Crippen molar-refractivity contribution < 1.29 is 15.3 Å². The van der Waals surface area contributed by atoms with Gasteiger partial charge in [-0.1, -0.05) is 0 Å². The minimum atomic E-state index is -0.956. The summed E-state index contributed by atoms with van der Waals surface area (Å²) in [5, 5.41) is 27.5. The van der Waals surface area contributed by atoms with Gasteiger partial charge in [-0.3, -0.25) is 0 Å². The van der Waals surface area contributed by atoms with Gasteiger partial charge in [-0.2, -0.15) is 0 Å². The molecule has 3 heteroatoms. The molecule has 0 saturated heterocycles. The van der Waals surface area contributed by atoms with Crippen LogP contribution in [0.15, 0.2) is 0 Å². The van der Waals surface area contributed by atoms with E-state index in [0.29, 0.717) is 12.8 Å². The molecule has 0 aromatic carbocycles. The summed E-state index contributed by atoms with van der Waals surface area (Å²) in [5.41, 5.74) is -0.956. The number of aliphatic hydroxyl groups is 3. The summed E-state index contributed by atoms with van der Waals surface area (Å²) in [5.74, 6) is 0. The quantitative estimate of drug-likeness (QED) is 0.556. The molecule has 0 radical (unpaired) electrons. The first-order chi connectivity index (χ1) is 4.83. The van der Waals surface area contributed by atoms with E-state index >= 15 is 0 Å². The van der Waals surface area contributed by atoms with Crippen molar-refractivity contribution in [3.8, 4) is 0 Å². The molecular formula is C8H18O3. The molecule has 0 aliphatic carbocycles. The fourth-order valence-electron chi connectivity index (χ4n) is 1.36. The van der Waals surface area contributed by atoms with Crippen LogP contribution >= 0.6 is 0 Å². The molecule has 3 N–H and O–H groups in total. The van der Waals surface area contributed by atoms with Crippen molar-refractivity contribution in [1.82, 2.24) is 0 Å². The molecule has 0 aromatic rings. The Labute approximate surface area is 67.7 Å². The van der Waals surface area contributed by atoms with Crippen molar-refractivity contribution in [3.05, 3.63) is 0 Å². The lowest BCUT2D eigenvalue weighted by Gasteiger charge is -2.25. The molecule has 0 bridgehead atoms. The Morgan fingerprint density at radius 3 is 1.55 bits per heavy atom. The molecular weight excluding hydrogens is 144 g/mol. The number of rotatable bonds is 4. The summed E-state index contributed by atoms with van der Waals surface area (Å²) in [7, 11) is 0. The Hall–Kier alpha value is -0.120. The smallest absolute Gasteiger partial charge is 0.0668 e. The Bertz CT molecular complexity index is 95.9. The first-order valence-corrected chi connectivity index (χ1v) is 3.92. The van der Waals surface area contributed by atoms with Crippen LogP contribution in [0.2, 0.25) is 0 Å². The van der Waals surface area contributed by atoms with E-state index in [1.54, 1.807) is 20.8 Å². The maximum Gasteiger partial charge on any atom is 0.0668 e. The van der Waals surface area contributed by atoms with E-state index in [9.17, 15) is 5.11 Å². The number of hydrogen-bond acceptors (Lipinski definition) is 3. The van der Waals surface area contributed by atoms with E-state index in [2.05, 4.69) is 0 Å². The molecule has 0 heterocycles. The minimum Gasteiger partial charge on any atom is -0.393 e. The molecule has 0 spiro atoms. The predicted octanol–water partition coefficient (Wildman–Crippen LogP) is 0.279. The lowest BCUT2D eigenvalue weighted by Crippen LogP contribution is -2.32. The third-order valence-corrected chi connectivity index (χ3v) is 1.47. The molecule has 0 aliphatic heterocycles. The van der Waals surface area contributed by atoms with Crippen molar-refractivity contribution in [2.75, 3.05) is 0 Å². The van der Waals surface area contributed by atoms with Crippen molar-refractivity contribution in [1.29, 1.82) is 0 Å². The van der Waals surface area contributed by atoms with Crippen molar-refractivity contribution in [2.24, 2.45) is 0 Å². The summed E-state index contributed by atoms with van der Waals surface area (Å²) in [6.07, 6.45) is -0.442. The van der Waals surface area contributed by atoms with Gasteiger partial charge in [0.2, 0.25) is 0 Å². The molecule has 11 heavy (non-hydrogen) atoms. The van der Waals surface area contributed by atoms with E-state index in [4.69, 9.17) is 10.2 Å². The fourth-order valence-corrected chi connectivity index (χ4v) is 1.36. The molecule has 0 rings (SSSR count). The van der Waals surface area contributed by atoms with Crippen molar-refractivity contribution >= 4 is 0 Å². The van der Waals surface area contributed by atoms with Crippen molar-refractivity contribution in [2.45, 2.75) is 51.4 Å². The van der Waals surface area contributed by atoms with Crippen LogP contribution in [0.25, 0.3) is 0 Å². The van der Waals surface area contributed by atoms with Gasteiger partial charge >= 0.3 is 0 Å². The van der Waals surface area contributed by atoms with E-state index in [1.807, 2.05) is 0 Å². The van der Waals surface area contributed by atoms with Gasteiger partial charge in [-0.15, -0.1) is 0 Å². The van der Waals surface area contributed by atoms with Crippen LogP contribution < -0.4 is 0 Å². The maximum atomic E-state index is 9.54. The zero-order chi connectivity index (χ0) is 9.07. The SMILES string of the molecule is C[C@H](O)CC(C)(O)C[C@@H](C)O. The predicted molar refractivity (Wildman–Crippen MR) is 43.2 cm³/mol. The second-order valence-corrected chi connectivity index (χ2v) is 3.60. The molecule has 0 amide bonds. The van der Waals surface area contributed by atoms with E-state index in [0.717, 1.165) is 0 Å². The Balaban J connectivity index is 3.79. The third-order valence-electron chi connectivity index (χ3n) is 1.47. The average Bonchev–Trinajstić information content (AvgIpc) is 1.53. The Morgan fingerprint density at radius 1 is 1.09 bits per heavy atom. The molecule has 0 aromatic heterocycles. The minimum absolute atomic E-state index is 0.303. The first-order valence-electron chi connectivity index (χ1n) is 3.92. The second-order valence-electron chi connectivity index (χ2n) is 3.60. The maximum absolute atomic E-state index is 9.54. The van der Waals surface area contributed by atoms with Gasteiger partial charge in [-0.25, -0.2) is 0 Å². The second kappa shape index (κ2) is 4.04. The largest absolute Gasteiger partial charge is 0.393 e. The van der Waals surface area contributed by atoms with Gasteiger partial charge < -0.3 is 15.3 Å². The summed E-state index contributed by atoms with van der Waals surface area (Å²) in [6.45, 7) is 4.86. The van der Waals surface area contributed by atoms with Gasteiger partial charge in [0.1, 0.15) is 0 Å². The van der Waals surface area contributed by atoms with Gasteiger partial charge in [0.05, 0.1) is 17.8 Å². The van der Waals surface area contributed by atoms with E-state index in [-0.39, 0.29) is 0 Å². The highest BCUT2D eigenvalue weighted by Crippen LogP contribution is 2.18. The van der Waals surface area contributed by atoms with E-state index in [1.165, 1.54) is 0 Å². The first kappa shape index (κ1) is 10.9. The highest BCUT2D eigenvalue weighted by Gasteiger charge is 2.24. The van der Waals surface area contributed by atoms with Gasteiger partial charge in [0.25, 0.3) is 0 Å². The van der Waals surface area contributed by atoms with Gasteiger partial charge in [0, 0.05) is 12.8 Å². The summed E-state index contributed by atoms with van der Waals surface area (Å²) in [6, 6.07) is 0. The highest BCUT2D eigenvalue weighted by atomic mass is 16.3. The lowest BCUT2D eigenvalue weighted by molar-refractivity contribution is -0.0244. The summed E-state index contributed by atoms with van der Waals surface area (Å²) in [4.78, 5) is 0. The van der Waals surface area contributed by atoms with Crippen LogP contribution in [0.4, 0.5) is 0 Å². The summed E-state index contributed by atoms with van der Waals surface area (Å²) < 4.78 is 0. The lowest BCUT2D eigenvalue weighted by atomic mass is 9.93. The molecule has 1 unspecified atom stereocenters. The van der Waals surface area contributed by atoms with E-state index < -0.39 is 17.8 Å². The van der Waals surface area contributed by atoms with Gasteiger partial charge in [-0.05, 0) is 20.8 Å². The number of hydrogen-bond donors (Lipinski definition) is 3. The third kappa shape index (κ3) is 6.28. The zero-order valence-electron chi connectivity index (χ0n) is 7.41. The monoisotopic (exact) mass is 162 g/mol. The zero-order valence-corrected chi connectivity index (χ0v) is 7.41. The fraction of sp³-hybridized carbons (Fsp3) is 1.00. The van der Waals surface area contributed by atoms with Crippen LogP contribution in [0.3, 0.4) is 0 Å². The molecule has 0 saturated carbocycles. The Kier molecular flexibility index (Phi) is 4.00. The molecule has 3 atom stereocenters. The van der Waals surface area contributed by atoms with Gasteiger partial charge in [0.15, 0.2) is 0 Å². The normalized spacial score (nSPS) is 22.4. The van der Waals surface area contributed by atoms with Crippen LogP contribution in [0.5, 0.6) is 0 Å². The Morgan fingerprint density at radius 2 is 1.36 bits per heavy atom. The number of aliphatic hydroxyl groups excluding tert-OH is 2. The topological polar surface area (TPSA) is 60.7 Å². The molecule has 68 valence electrons. The van der Waals surface area contributed by atoms with Crippen LogP contribution in [0, 0.1) is 0 Å². The van der Waals surface area contributed by atoms with Crippen LogP contribution in [-0.2, 0) is 0 Å². The van der Waals surface area contributed by atoms with Crippen LogP contribution in [0.1, 0.15) is 33.6 Å². The van der Waals surface area contributed by atoms with Crippen molar-refractivity contribution in [3.63, 3.8) is 0 Å². The molecule has 0 fully saturated rings. The molecule has 0 aliphatic rings. The average molecular weight is 162 g/mol. The highest BCUT2D eigenvalue weighted by molar-refractivity contribution is 4.76. The standard InChI is InChI=1S/C8H18O3/c1-6(9)4-8(3,11)5-7(2)10/h6-7,9-11H,4-5H2,1-3H3/t6-,7+,8?. The molecule has 3 nitrogen and oxygen atoms in total. The van der Waals surface area contributed by atoms with Crippen LogP contribution in [-0.4, -0.2) is 33.1 Å². The summed E-state index contributed by atoms with van der Waals surface area (Å²) >= 11 is 0.